The van der Waals surface area contributed by atoms with Gasteiger partial charge in [0, 0.05) is 40.1 Å². The zero-order valence-electron chi connectivity index (χ0n) is 17.1. The molecule has 3 heterocycles. The van der Waals surface area contributed by atoms with E-state index in [-0.39, 0.29) is 30.7 Å². The number of carbonyl (C=O) groups is 4. The standard InChI is InChI=1S/C23H19ClN4O4/c1-11-15-4-2-13(24)9-17(15)26-20(11)22(31)25-14-3-5-16-12(8-14)10-28(23(16)32)18-6-7-19(29)27-21(18)30/h2-5,8-9,18,26H,6-7,10H2,1H3,(H,25,31)(H,27,29,30). The third kappa shape index (κ3) is 3.33. The van der Waals surface area contributed by atoms with E-state index in [1.165, 1.54) is 4.90 Å². The van der Waals surface area contributed by atoms with E-state index in [1.54, 1.807) is 30.3 Å². The second-order valence-corrected chi connectivity index (χ2v) is 8.48. The number of fused-ring (bicyclic) bond motifs is 2. The molecule has 1 unspecified atom stereocenters. The van der Waals surface area contributed by atoms with E-state index < -0.39 is 11.9 Å². The first-order valence-electron chi connectivity index (χ1n) is 10.2. The largest absolute Gasteiger partial charge is 0.350 e. The van der Waals surface area contributed by atoms with Crippen LogP contribution in [0.4, 0.5) is 5.69 Å². The number of aryl methyl sites for hydroxylation is 1. The molecule has 9 heteroatoms. The van der Waals surface area contributed by atoms with Gasteiger partial charge in [-0.25, -0.2) is 0 Å². The normalized spacial score (nSPS) is 18.1. The van der Waals surface area contributed by atoms with Crippen molar-refractivity contribution in [2.75, 3.05) is 5.32 Å². The molecule has 0 saturated carbocycles. The van der Waals surface area contributed by atoms with Crippen LogP contribution < -0.4 is 10.6 Å². The van der Waals surface area contributed by atoms with E-state index in [4.69, 9.17) is 11.6 Å². The Balaban J connectivity index is 1.36. The maximum atomic E-state index is 12.9. The topological polar surface area (TPSA) is 111 Å². The zero-order chi connectivity index (χ0) is 22.6. The summed E-state index contributed by atoms with van der Waals surface area (Å²) in [6, 6.07) is 9.79. The highest BCUT2D eigenvalue weighted by molar-refractivity contribution is 6.31. The Morgan fingerprint density at radius 2 is 1.97 bits per heavy atom. The molecule has 2 aliphatic heterocycles. The molecule has 1 aromatic heterocycles. The number of imide groups is 1. The van der Waals surface area contributed by atoms with E-state index in [0.29, 0.717) is 28.4 Å². The Labute approximate surface area is 187 Å². The van der Waals surface area contributed by atoms with Gasteiger partial charge in [0.1, 0.15) is 11.7 Å². The average Bonchev–Trinajstić information content (AvgIpc) is 3.24. The highest BCUT2D eigenvalue weighted by Gasteiger charge is 2.39. The molecule has 5 rings (SSSR count). The first-order chi connectivity index (χ1) is 15.3. The van der Waals surface area contributed by atoms with E-state index in [9.17, 15) is 19.2 Å². The number of carbonyl (C=O) groups excluding carboxylic acids is 4. The highest BCUT2D eigenvalue weighted by Crippen LogP contribution is 2.30. The molecule has 32 heavy (non-hydrogen) atoms. The lowest BCUT2D eigenvalue weighted by Crippen LogP contribution is -2.52. The third-order valence-electron chi connectivity index (χ3n) is 6.03. The van der Waals surface area contributed by atoms with Gasteiger partial charge in [-0.05, 0) is 54.8 Å². The smallest absolute Gasteiger partial charge is 0.272 e. The van der Waals surface area contributed by atoms with Crippen molar-refractivity contribution in [3.63, 3.8) is 0 Å². The van der Waals surface area contributed by atoms with Crippen molar-refractivity contribution < 1.29 is 19.2 Å². The van der Waals surface area contributed by atoms with Gasteiger partial charge in [0.25, 0.3) is 11.8 Å². The molecule has 3 N–H and O–H groups in total. The summed E-state index contributed by atoms with van der Waals surface area (Å²) in [7, 11) is 0. The first-order valence-corrected chi connectivity index (χ1v) is 10.6. The van der Waals surface area contributed by atoms with Crippen LogP contribution >= 0.6 is 11.6 Å². The minimum Gasteiger partial charge on any atom is -0.350 e. The van der Waals surface area contributed by atoms with Gasteiger partial charge in [-0.2, -0.15) is 0 Å². The lowest BCUT2D eigenvalue weighted by molar-refractivity contribution is -0.136. The Kier molecular flexibility index (Phi) is 4.74. The van der Waals surface area contributed by atoms with Crippen molar-refractivity contribution in [2.24, 2.45) is 0 Å². The summed E-state index contributed by atoms with van der Waals surface area (Å²) in [4.78, 5) is 53.9. The van der Waals surface area contributed by atoms with Crippen LogP contribution in [0.5, 0.6) is 0 Å². The lowest BCUT2D eigenvalue weighted by Gasteiger charge is -2.29. The second kappa shape index (κ2) is 7.49. The Morgan fingerprint density at radius 3 is 2.75 bits per heavy atom. The number of nitrogens with one attached hydrogen (secondary N) is 3. The number of hydrogen-bond acceptors (Lipinski definition) is 4. The molecule has 2 aromatic carbocycles. The molecule has 162 valence electrons. The summed E-state index contributed by atoms with van der Waals surface area (Å²) >= 11 is 6.05. The summed E-state index contributed by atoms with van der Waals surface area (Å²) in [5.41, 5.74) is 3.78. The first kappa shape index (κ1) is 20.3. The van der Waals surface area contributed by atoms with E-state index >= 15 is 0 Å². The quantitative estimate of drug-likeness (QED) is 0.532. The fourth-order valence-electron chi connectivity index (χ4n) is 4.38. The van der Waals surface area contributed by atoms with E-state index in [1.807, 2.05) is 13.0 Å². The molecule has 1 saturated heterocycles. The van der Waals surface area contributed by atoms with Gasteiger partial charge in [-0.1, -0.05) is 17.7 Å². The minimum atomic E-state index is -0.675. The van der Waals surface area contributed by atoms with Crippen LogP contribution in [0.1, 0.15) is 44.8 Å². The predicted molar refractivity (Wildman–Crippen MR) is 118 cm³/mol. The number of aromatic amines is 1. The maximum Gasteiger partial charge on any atom is 0.272 e. The minimum absolute atomic E-state index is 0.201. The number of benzene rings is 2. The summed E-state index contributed by atoms with van der Waals surface area (Å²) in [6.07, 6.45) is 0.505. The molecule has 4 amide bonds. The van der Waals surface area contributed by atoms with Gasteiger partial charge in [-0.15, -0.1) is 0 Å². The molecular weight excluding hydrogens is 432 g/mol. The van der Waals surface area contributed by atoms with Crippen molar-refractivity contribution in [3.8, 4) is 0 Å². The fraction of sp³-hybridized carbons (Fsp3) is 0.217. The predicted octanol–water partition coefficient (Wildman–Crippen LogP) is 3.14. The van der Waals surface area contributed by atoms with Crippen molar-refractivity contribution in [2.45, 2.75) is 32.4 Å². The summed E-state index contributed by atoms with van der Waals surface area (Å²) in [5, 5.41) is 6.65. The Morgan fingerprint density at radius 1 is 1.16 bits per heavy atom. The number of rotatable bonds is 3. The van der Waals surface area contributed by atoms with E-state index in [0.717, 1.165) is 22.0 Å². The van der Waals surface area contributed by atoms with Gasteiger partial charge in [0.2, 0.25) is 11.8 Å². The second-order valence-electron chi connectivity index (χ2n) is 8.04. The molecule has 8 nitrogen and oxygen atoms in total. The molecule has 0 spiro atoms. The molecule has 1 atom stereocenters. The lowest BCUT2D eigenvalue weighted by atomic mass is 10.0. The number of anilines is 1. The molecule has 3 aromatic rings. The van der Waals surface area contributed by atoms with Crippen molar-refractivity contribution >= 4 is 51.8 Å². The third-order valence-corrected chi connectivity index (χ3v) is 6.26. The summed E-state index contributed by atoms with van der Waals surface area (Å²) < 4.78 is 0. The van der Waals surface area contributed by atoms with Crippen LogP contribution in [0.3, 0.4) is 0 Å². The summed E-state index contributed by atoms with van der Waals surface area (Å²) in [6.45, 7) is 2.11. The molecule has 0 aliphatic carbocycles. The van der Waals surface area contributed by atoms with Gasteiger partial charge in [0.15, 0.2) is 0 Å². The fourth-order valence-corrected chi connectivity index (χ4v) is 4.55. The zero-order valence-corrected chi connectivity index (χ0v) is 17.9. The van der Waals surface area contributed by atoms with Crippen LogP contribution in [-0.4, -0.2) is 39.6 Å². The van der Waals surface area contributed by atoms with Crippen LogP contribution in [0.25, 0.3) is 10.9 Å². The van der Waals surface area contributed by atoms with Crippen molar-refractivity contribution in [3.05, 3.63) is 63.8 Å². The van der Waals surface area contributed by atoms with Gasteiger partial charge in [0.05, 0.1) is 0 Å². The number of halogens is 1. The maximum absolute atomic E-state index is 12.9. The average molecular weight is 451 g/mol. The van der Waals surface area contributed by atoms with Crippen LogP contribution in [-0.2, 0) is 16.1 Å². The number of H-pyrrole nitrogens is 1. The highest BCUT2D eigenvalue weighted by atomic mass is 35.5. The number of aromatic nitrogens is 1. The van der Waals surface area contributed by atoms with Gasteiger partial charge < -0.3 is 15.2 Å². The van der Waals surface area contributed by atoms with Crippen molar-refractivity contribution in [1.82, 2.24) is 15.2 Å². The van der Waals surface area contributed by atoms with Gasteiger partial charge >= 0.3 is 0 Å². The Bertz CT molecular complexity index is 1330. The van der Waals surface area contributed by atoms with Crippen LogP contribution in [0.2, 0.25) is 5.02 Å². The molecule has 2 aliphatic rings. The number of hydrogen-bond donors (Lipinski definition) is 3. The van der Waals surface area contributed by atoms with E-state index in [2.05, 4.69) is 15.6 Å². The van der Waals surface area contributed by atoms with Crippen LogP contribution in [0, 0.1) is 6.92 Å². The number of piperidine rings is 1. The van der Waals surface area contributed by atoms with Gasteiger partial charge in [-0.3, -0.25) is 24.5 Å². The SMILES string of the molecule is Cc1c(C(=O)Nc2ccc3c(c2)CN(C2CCC(=O)NC2=O)C3=O)[nH]c2cc(Cl)ccc12. The Hall–Kier alpha value is -3.65. The molecular formula is C23H19ClN4O4. The van der Waals surface area contributed by atoms with Crippen LogP contribution in [0.15, 0.2) is 36.4 Å². The van der Waals surface area contributed by atoms with Crippen molar-refractivity contribution in [1.29, 1.82) is 0 Å². The molecule has 0 bridgehead atoms. The molecule has 1 fully saturated rings. The summed E-state index contributed by atoms with van der Waals surface area (Å²) in [5.74, 6) is -1.34. The monoisotopic (exact) mass is 450 g/mol. The molecule has 0 radical (unpaired) electrons. The number of amides is 4. The number of nitrogens with zero attached hydrogens (tertiary/aromatic N) is 1.